The maximum absolute atomic E-state index is 9.65. The van der Waals surface area contributed by atoms with Crippen LogP contribution < -0.4 is 4.90 Å². The second-order valence-corrected chi connectivity index (χ2v) is 6.46. The summed E-state index contributed by atoms with van der Waals surface area (Å²) >= 11 is 9.88. The molecular weight excluding hydrogens is 350 g/mol. The SMILES string of the molecule is CC(c1ccccc1Cl)N(C)c1ccc([C@@H](C)O)cc1Br. The van der Waals surface area contributed by atoms with Gasteiger partial charge in [-0.25, -0.2) is 0 Å². The minimum absolute atomic E-state index is 0.146. The summed E-state index contributed by atoms with van der Waals surface area (Å²) in [5.41, 5.74) is 3.05. The van der Waals surface area contributed by atoms with Gasteiger partial charge in [0.2, 0.25) is 0 Å². The van der Waals surface area contributed by atoms with Gasteiger partial charge in [-0.2, -0.15) is 0 Å². The zero-order chi connectivity index (χ0) is 15.6. The zero-order valence-electron chi connectivity index (χ0n) is 12.3. The first kappa shape index (κ1) is 16.3. The van der Waals surface area contributed by atoms with Gasteiger partial charge in [-0.05, 0) is 59.1 Å². The molecule has 0 bridgehead atoms. The number of halogens is 2. The number of benzene rings is 2. The predicted molar refractivity (Wildman–Crippen MR) is 93.0 cm³/mol. The molecule has 0 aliphatic rings. The third kappa shape index (κ3) is 3.60. The van der Waals surface area contributed by atoms with Crippen LogP contribution in [0, 0.1) is 0 Å². The lowest BCUT2D eigenvalue weighted by Gasteiger charge is -2.29. The van der Waals surface area contributed by atoms with Crippen LogP contribution in [0.4, 0.5) is 5.69 Å². The van der Waals surface area contributed by atoms with E-state index in [2.05, 4.69) is 27.8 Å². The molecule has 21 heavy (non-hydrogen) atoms. The summed E-state index contributed by atoms with van der Waals surface area (Å²) in [7, 11) is 2.04. The Hall–Kier alpha value is -1.03. The average molecular weight is 369 g/mol. The standard InChI is InChI=1S/C17H19BrClNO/c1-11(14-6-4-5-7-16(14)19)20(3)17-9-8-13(12(2)21)10-15(17)18/h4-12,21H,1-3H3/t11?,12-/m1/s1. The molecule has 4 heteroatoms. The van der Waals surface area contributed by atoms with E-state index in [0.717, 1.165) is 26.3 Å². The highest BCUT2D eigenvalue weighted by Crippen LogP contribution is 2.35. The molecule has 1 unspecified atom stereocenters. The third-order valence-corrected chi connectivity index (χ3v) is 4.75. The van der Waals surface area contributed by atoms with E-state index in [0.29, 0.717) is 0 Å². The Balaban J connectivity index is 2.32. The summed E-state index contributed by atoms with van der Waals surface area (Å²) in [6.45, 7) is 3.88. The molecule has 0 aliphatic carbocycles. The van der Waals surface area contributed by atoms with E-state index in [4.69, 9.17) is 11.6 Å². The summed E-state index contributed by atoms with van der Waals surface area (Å²) in [5.74, 6) is 0. The van der Waals surface area contributed by atoms with Crippen LogP contribution in [-0.2, 0) is 0 Å². The van der Waals surface area contributed by atoms with Crippen LogP contribution in [-0.4, -0.2) is 12.2 Å². The van der Waals surface area contributed by atoms with Crippen molar-refractivity contribution in [1.82, 2.24) is 0 Å². The van der Waals surface area contributed by atoms with Crippen LogP contribution in [0.2, 0.25) is 5.02 Å². The van der Waals surface area contributed by atoms with Crippen molar-refractivity contribution >= 4 is 33.2 Å². The topological polar surface area (TPSA) is 23.5 Å². The van der Waals surface area contributed by atoms with E-state index in [1.54, 1.807) is 6.92 Å². The van der Waals surface area contributed by atoms with E-state index < -0.39 is 6.10 Å². The fourth-order valence-electron chi connectivity index (χ4n) is 2.30. The monoisotopic (exact) mass is 367 g/mol. The van der Waals surface area contributed by atoms with Gasteiger partial charge in [0.1, 0.15) is 0 Å². The fourth-order valence-corrected chi connectivity index (χ4v) is 3.27. The summed E-state index contributed by atoms with van der Waals surface area (Å²) in [6, 6.07) is 13.9. The average Bonchev–Trinajstić information content (AvgIpc) is 2.46. The summed E-state index contributed by atoms with van der Waals surface area (Å²) in [6.07, 6.45) is -0.471. The van der Waals surface area contributed by atoms with Crippen LogP contribution in [0.25, 0.3) is 0 Å². The van der Waals surface area contributed by atoms with Gasteiger partial charge < -0.3 is 10.0 Å². The van der Waals surface area contributed by atoms with Gasteiger partial charge in [-0.15, -0.1) is 0 Å². The number of hydrogen-bond acceptors (Lipinski definition) is 2. The number of aliphatic hydroxyl groups excluding tert-OH is 1. The van der Waals surface area contributed by atoms with Crippen molar-refractivity contribution < 1.29 is 5.11 Å². The highest BCUT2D eigenvalue weighted by atomic mass is 79.9. The molecule has 2 aromatic rings. The number of rotatable bonds is 4. The molecule has 0 radical (unpaired) electrons. The van der Waals surface area contributed by atoms with Crippen molar-refractivity contribution in [2.75, 3.05) is 11.9 Å². The lowest BCUT2D eigenvalue weighted by atomic mass is 10.1. The molecule has 2 aromatic carbocycles. The Labute approximate surface area is 139 Å². The molecule has 1 N–H and O–H groups in total. The Kier molecular flexibility index (Phi) is 5.31. The number of aliphatic hydroxyl groups is 1. The van der Waals surface area contributed by atoms with Crippen LogP contribution in [0.1, 0.15) is 37.1 Å². The number of anilines is 1. The van der Waals surface area contributed by atoms with Gasteiger partial charge in [0.15, 0.2) is 0 Å². The second-order valence-electron chi connectivity index (χ2n) is 5.20. The zero-order valence-corrected chi connectivity index (χ0v) is 14.7. The Morgan fingerprint density at radius 3 is 2.38 bits per heavy atom. The highest BCUT2D eigenvalue weighted by molar-refractivity contribution is 9.10. The Morgan fingerprint density at radius 1 is 1.14 bits per heavy atom. The van der Waals surface area contributed by atoms with Gasteiger partial charge in [-0.3, -0.25) is 0 Å². The molecule has 0 aliphatic heterocycles. The van der Waals surface area contributed by atoms with Crippen molar-refractivity contribution in [1.29, 1.82) is 0 Å². The molecule has 0 heterocycles. The summed E-state index contributed by atoms with van der Waals surface area (Å²) < 4.78 is 0.960. The normalized spacial score (nSPS) is 13.8. The van der Waals surface area contributed by atoms with Crippen molar-refractivity contribution in [3.63, 3.8) is 0 Å². The van der Waals surface area contributed by atoms with Crippen LogP contribution in [0.5, 0.6) is 0 Å². The van der Waals surface area contributed by atoms with Gasteiger partial charge in [-0.1, -0.05) is 35.9 Å². The molecule has 0 fully saturated rings. The lowest BCUT2D eigenvalue weighted by Crippen LogP contribution is -2.22. The Bertz CT molecular complexity index is 630. The number of hydrogen-bond donors (Lipinski definition) is 1. The molecule has 112 valence electrons. The first-order valence-electron chi connectivity index (χ1n) is 6.86. The third-order valence-electron chi connectivity index (χ3n) is 3.77. The lowest BCUT2D eigenvalue weighted by molar-refractivity contribution is 0.199. The molecular formula is C17H19BrClNO. The Morgan fingerprint density at radius 2 is 1.81 bits per heavy atom. The van der Waals surface area contributed by atoms with E-state index in [1.807, 2.05) is 49.5 Å². The van der Waals surface area contributed by atoms with Gasteiger partial charge in [0.05, 0.1) is 17.8 Å². The molecule has 0 saturated heterocycles. The molecule has 0 aromatic heterocycles. The van der Waals surface area contributed by atoms with Crippen molar-refractivity contribution in [2.45, 2.75) is 26.0 Å². The first-order valence-corrected chi connectivity index (χ1v) is 8.03. The van der Waals surface area contributed by atoms with Crippen LogP contribution in [0.15, 0.2) is 46.9 Å². The van der Waals surface area contributed by atoms with E-state index in [1.165, 1.54) is 0 Å². The quantitative estimate of drug-likeness (QED) is 0.786. The molecule has 2 rings (SSSR count). The van der Waals surface area contributed by atoms with Crippen molar-refractivity contribution in [3.05, 3.63) is 63.1 Å². The summed E-state index contributed by atoms with van der Waals surface area (Å²) in [4.78, 5) is 2.16. The second kappa shape index (κ2) is 6.82. The van der Waals surface area contributed by atoms with Crippen LogP contribution in [0.3, 0.4) is 0 Å². The number of nitrogens with zero attached hydrogens (tertiary/aromatic N) is 1. The minimum atomic E-state index is -0.471. The van der Waals surface area contributed by atoms with Crippen molar-refractivity contribution in [3.8, 4) is 0 Å². The van der Waals surface area contributed by atoms with Gasteiger partial charge >= 0.3 is 0 Å². The minimum Gasteiger partial charge on any atom is -0.389 e. The largest absolute Gasteiger partial charge is 0.389 e. The van der Waals surface area contributed by atoms with Gasteiger partial charge in [0, 0.05) is 16.5 Å². The summed E-state index contributed by atoms with van der Waals surface area (Å²) in [5, 5.41) is 10.4. The predicted octanol–water partition coefficient (Wildman–Crippen LogP) is 5.35. The van der Waals surface area contributed by atoms with E-state index in [-0.39, 0.29) is 6.04 Å². The molecule has 0 saturated carbocycles. The molecule has 0 spiro atoms. The van der Waals surface area contributed by atoms with E-state index in [9.17, 15) is 5.11 Å². The van der Waals surface area contributed by atoms with Crippen LogP contribution >= 0.6 is 27.5 Å². The smallest absolute Gasteiger partial charge is 0.0762 e. The highest BCUT2D eigenvalue weighted by Gasteiger charge is 2.17. The molecule has 2 atom stereocenters. The first-order chi connectivity index (χ1) is 9.91. The van der Waals surface area contributed by atoms with E-state index >= 15 is 0 Å². The van der Waals surface area contributed by atoms with Gasteiger partial charge in [0.25, 0.3) is 0 Å². The fraction of sp³-hybridized carbons (Fsp3) is 0.294. The maximum Gasteiger partial charge on any atom is 0.0762 e. The maximum atomic E-state index is 9.65. The van der Waals surface area contributed by atoms with Crippen molar-refractivity contribution in [2.24, 2.45) is 0 Å². The molecule has 2 nitrogen and oxygen atoms in total. The molecule has 0 amide bonds.